The molecule has 5 rings (SSSR count). The molecule has 1 atom stereocenters. The Morgan fingerprint density at radius 1 is 1.14 bits per heavy atom. The van der Waals surface area contributed by atoms with Gasteiger partial charge in [0.2, 0.25) is 0 Å². The van der Waals surface area contributed by atoms with Gasteiger partial charge >= 0.3 is 5.97 Å². The van der Waals surface area contributed by atoms with Gasteiger partial charge in [-0.3, -0.25) is 9.69 Å². The molecule has 4 aromatic rings. The molecule has 0 aliphatic carbocycles. The second-order valence-electron chi connectivity index (χ2n) is 7.36. The fourth-order valence-corrected chi connectivity index (χ4v) is 4.28. The normalized spacial score (nSPS) is 17.3. The average molecular weight is 375 g/mol. The summed E-state index contributed by atoms with van der Waals surface area (Å²) < 4.78 is 5.93. The number of fused-ring (bicyclic) bond motifs is 2. The maximum absolute atomic E-state index is 12.1. The number of aromatic nitrogens is 2. The number of rotatable bonds is 4. The van der Waals surface area contributed by atoms with Gasteiger partial charge in [-0.2, -0.15) is 0 Å². The van der Waals surface area contributed by atoms with E-state index in [9.17, 15) is 9.90 Å². The van der Waals surface area contributed by atoms with E-state index in [2.05, 4.69) is 14.9 Å². The van der Waals surface area contributed by atoms with E-state index in [1.54, 1.807) is 0 Å². The van der Waals surface area contributed by atoms with E-state index >= 15 is 0 Å². The zero-order valence-corrected chi connectivity index (χ0v) is 15.3. The van der Waals surface area contributed by atoms with Crippen LogP contribution in [0.4, 0.5) is 0 Å². The molecular formula is C22H21N3O3. The van der Waals surface area contributed by atoms with Crippen LogP contribution in [0, 0.1) is 0 Å². The van der Waals surface area contributed by atoms with Gasteiger partial charge in [-0.05, 0) is 31.0 Å². The van der Waals surface area contributed by atoms with Crippen LogP contribution in [0.25, 0.3) is 22.0 Å². The molecule has 2 aromatic carbocycles. The molecule has 0 amide bonds. The lowest BCUT2D eigenvalue weighted by atomic mass is 9.94. The predicted octanol–water partition coefficient (Wildman–Crippen LogP) is 4.31. The zero-order valence-electron chi connectivity index (χ0n) is 15.3. The van der Waals surface area contributed by atoms with Crippen molar-refractivity contribution < 1.29 is 14.3 Å². The average Bonchev–Trinajstić information content (AvgIpc) is 3.33. The Kier molecular flexibility index (Phi) is 4.13. The largest absolute Gasteiger partial charge is 0.480 e. The number of piperidine rings is 1. The lowest BCUT2D eigenvalue weighted by molar-refractivity contribution is -0.144. The first-order valence-corrected chi connectivity index (χ1v) is 9.59. The van der Waals surface area contributed by atoms with E-state index in [0.29, 0.717) is 13.1 Å². The molecule has 1 aliphatic rings. The molecule has 0 bridgehead atoms. The summed E-state index contributed by atoms with van der Waals surface area (Å²) in [4.78, 5) is 22.0. The minimum Gasteiger partial charge on any atom is -0.480 e. The molecule has 0 spiro atoms. The molecule has 3 heterocycles. The first-order chi connectivity index (χ1) is 13.7. The smallest absolute Gasteiger partial charge is 0.325 e. The van der Waals surface area contributed by atoms with Crippen molar-refractivity contribution in [2.24, 2.45) is 0 Å². The van der Waals surface area contributed by atoms with Crippen LogP contribution in [-0.4, -0.2) is 39.0 Å². The number of nitrogens with zero attached hydrogens (tertiary/aromatic N) is 2. The molecule has 1 fully saturated rings. The van der Waals surface area contributed by atoms with E-state index in [1.807, 2.05) is 54.7 Å². The molecule has 1 saturated heterocycles. The van der Waals surface area contributed by atoms with Gasteiger partial charge in [0.15, 0.2) is 11.5 Å². The molecule has 1 aliphatic heterocycles. The van der Waals surface area contributed by atoms with Crippen LogP contribution in [0.5, 0.6) is 0 Å². The van der Waals surface area contributed by atoms with Crippen molar-refractivity contribution in [1.29, 1.82) is 0 Å². The van der Waals surface area contributed by atoms with Crippen LogP contribution in [0.3, 0.4) is 0 Å². The van der Waals surface area contributed by atoms with Gasteiger partial charge < -0.3 is 14.5 Å². The van der Waals surface area contributed by atoms with Crippen LogP contribution in [0.15, 0.2) is 59.1 Å². The Morgan fingerprint density at radius 3 is 2.68 bits per heavy atom. The van der Waals surface area contributed by atoms with Crippen molar-refractivity contribution in [2.75, 3.05) is 13.1 Å². The summed E-state index contributed by atoms with van der Waals surface area (Å²) in [5, 5.41) is 10.9. The lowest BCUT2D eigenvalue weighted by Gasteiger charge is -2.34. The Morgan fingerprint density at radius 2 is 1.89 bits per heavy atom. The van der Waals surface area contributed by atoms with Crippen LogP contribution >= 0.6 is 0 Å². The molecule has 1 unspecified atom stereocenters. The number of hydrogen-bond donors (Lipinski definition) is 2. The minimum absolute atomic E-state index is 0.223. The molecule has 2 N–H and O–H groups in total. The number of hydrogen-bond acceptors (Lipinski definition) is 4. The number of carbonyl (C=O) groups is 1. The second kappa shape index (κ2) is 6.80. The molecule has 28 heavy (non-hydrogen) atoms. The highest BCUT2D eigenvalue weighted by molar-refractivity contribution is 5.89. The number of carboxylic acids is 1. The van der Waals surface area contributed by atoms with Gasteiger partial charge in [0, 0.05) is 41.7 Å². The number of nitrogens with one attached hydrogen (secondary N) is 1. The summed E-state index contributed by atoms with van der Waals surface area (Å²) >= 11 is 0. The minimum atomic E-state index is -0.815. The Hall–Kier alpha value is -3.12. The molecular weight excluding hydrogens is 354 g/mol. The number of H-pyrrole nitrogens is 1. The topological polar surface area (TPSA) is 82.4 Å². The summed E-state index contributed by atoms with van der Waals surface area (Å²) in [5.74, 6) is 0.172. The van der Waals surface area contributed by atoms with Gasteiger partial charge in [0.25, 0.3) is 0 Å². The van der Waals surface area contributed by atoms with Crippen molar-refractivity contribution >= 4 is 28.0 Å². The third-order valence-electron chi connectivity index (χ3n) is 5.70. The van der Waals surface area contributed by atoms with Gasteiger partial charge in [-0.1, -0.05) is 30.3 Å². The number of aliphatic carboxylic acids is 1. The highest BCUT2D eigenvalue weighted by Gasteiger charge is 2.34. The van der Waals surface area contributed by atoms with Crippen molar-refractivity contribution in [3.63, 3.8) is 0 Å². The quantitative estimate of drug-likeness (QED) is 0.555. The van der Waals surface area contributed by atoms with E-state index in [0.717, 1.165) is 46.3 Å². The third-order valence-corrected chi connectivity index (χ3v) is 5.70. The maximum atomic E-state index is 12.1. The summed E-state index contributed by atoms with van der Waals surface area (Å²) in [6, 6.07) is 15.0. The predicted molar refractivity (Wildman–Crippen MR) is 106 cm³/mol. The Bertz CT molecular complexity index is 1110. The Balaban J connectivity index is 1.37. The van der Waals surface area contributed by atoms with Crippen molar-refractivity contribution in [1.82, 2.24) is 14.9 Å². The summed E-state index contributed by atoms with van der Waals surface area (Å²) in [6.07, 6.45) is 3.49. The SMILES string of the molecule is O=C(O)C(c1c[nH]c2ccccc12)N1CCC(c2nc3ccccc3o2)CC1. The number of carboxylic acid groups (broad SMARTS) is 1. The van der Waals surface area contributed by atoms with E-state index in [4.69, 9.17) is 4.42 Å². The number of likely N-dealkylation sites (tertiary alicyclic amines) is 1. The Labute approximate surface area is 161 Å². The van der Waals surface area contributed by atoms with Crippen molar-refractivity contribution in [3.8, 4) is 0 Å². The molecule has 6 nitrogen and oxygen atoms in total. The first-order valence-electron chi connectivity index (χ1n) is 9.59. The number of benzene rings is 2. The molecule has 142 valence electrons. The van der Waals surface area contributed by atoms with Crippen molar-refractivity contribution in [3.05, 3.63) is 66.2 Å². The van der Waals surface area contributed by atoms with Crippen LogP contribution in [0.1, 0.15) is 36.3 Å². The highest BCUT2D eigenvalue weighted by atomic mass is 16.4. The molecule has 0 radical (unpaired) electrons. The number of aromatic amines is 1. The monoisotopic (exact) mass is 375 g/mol. The standard InChI is InChI=1S/C22H21N3O3/c26-22(27)20(16-13-23-17-6-2-1-5-15(16)17)25-11-9-14(10-12-25)21-24-18-7-3-4-8-19(18)28-21/h1-8,13-14,20,23H,9-12H2,(H,26,27). The molecule has 6 heteroatoms. The maximum Gasteiger partial charge on any atom is 0.325 e. The van der Waals surface area contributed by atoms with Gasteiger partial charge in [-0.15, -0.1) is 0 Å². The number of oxazole rings is 1. The molecule has 0 saturated carbocycles. The van der Waals surface area contributed by atoms with E-state index < -0.39 is 12.0 Å². The first kappa shape index (κ1) is 17.0. The fourth-order valence-electron chi connectivity index (χ4n) is 4.28. The summed E-state index contributed by atoms with van der Waals surface area (Å²) in [6.45, 7) is 1.39. The fraction of sp³-hybridized carbons (Fsp3) is 0.273. The van der Waals surface area contributed by atoms with Crippen LogP contribution < -0.4 is 0 Å². The highest BCUT2D eigenvalue weighted by Crippen LogP contribution is 2.35. The summed E-state index contributed by atoms with van der Waals surface area (Å²) in [7, 11) is 0. The summed E-state index contributed by atoms with van der Waals surface area (Å²) in [5.41, 5.74) is 3.47. The number of para-hydroxylation sites is 3. The van der Waals surface area contributed by atoms with E-state index in [-0.39, 0.29) is 5.92 Å². The third kappa shape index (κ3) is 2.86. The van der Waals surface area contributed by atoms with Crippen LogP contribution in [-0.2, 0) is 4.79 Å². The van der Waals surface area contributed by atoms with Gasteiger partial charge in [-0.25, -0.2) is 4.98 Å². The van der Waals surface area contributed by atoms with Gasteiger partial charge in [0.1, 0.15) is 11.6 Å². The lowest BCUT2D eigenvalue weighted by Crippen LogP contribution is -2.39. The second-order valence-corrected chi connectivity index (χ2v) is 7.36. The van der Waals surface area contributed by atoms with Gasteiger partial charge in [0.05, 0.1) is 0 Å². The van der Waals surface area contributed by atoms with Crippen molar-refractivity contribution in [2.45, 2.75) is 24.8 Å². The van der Waals surface area contributed by atoms with Crippen LogP contribution in [0.2, 0.25) is 0 Å². The molecule has 2 aromatic heterocycles. The van der Waals surface area contributed by atoms with E-state index in [1.165, 1.54) is 0 Å². The zero-order chi connectivity index (χ0) is 19.1.